The molecular formula is C13H20N4O4S. The highest BCUT2D eigenvalue weighted by Gasteiger charge is 2.22. The molecule has 8 nitrogen and oxygen atoms in total. The smallest absolute Gasteiger partial charge is 0.252 e. The first-order valence-electron chi connectivity index (χ1n) is 7.01. The van der Waals surface area contributed by atoms with E-state index in [2.05, 4.69) is 15.2 Å². The topological polar surface area (TPSA) is 103 Å². The molecule has 0 spiro atoms. The van der Waals surface area contributed by atoms with E-state index in [-0.39, 0.29) is 11.5 Å². The summed E-state index contributed by atoms with van der Waals surface area (Å²) in [7, 11) is -3.11. The van der Waals surface area contributed by atoms with Crippen molar-refractivity contribution in [3.63, 3.8) is 0 Å². The summed E-state index contributed by atoms with van der Waals surface area (Å²) in [6.45, 7) is 3.39. The van der Waals surface area contributed by atoms with Crippen molar-refractivity contribution in [1.82, 2.24) is 19.5 Å². The number of sulfonamides is 1. The highest BCUT2D eigenvalue weighted by atomic mass is 32.2. The number of nitrogens with one attached hydrogen (secondary N) is 2. The Labute approximate surface area is 129 Å². The van der Waals surface area contributed by atoms with Gasteiger partial charge in [0, 0.05) is 51.5 Å². The summed E-state index contributed by atoms with van der Waals surface area (Å²) in [5, 5.41) is 2.77. The van der Waals surface area contributed by atoms with E-state index in [9.17, 15) is 18.0 Å². The maximum Gasteiger partial charge on any atom is 0.252 e. The molecule has 122 valence electrons. The van der Waals surface area contributed by atoms with E-state index in [4.69, 9.17) is 0 Å². The Morgan fingerprint density at radius 1 is 1.27 bits per heavy atom. The molecule has 2 N–H and O–H groups in total. The second-order valence-electron chi connectivity index (χ2n) is 5.20. The number of carbonyl (C=O) groups excluding carboxylic acids is 1. The fraction of sp³-hybridized carbons (Fsp3) is 0.538. The average molecular weight is 328 g/mol. The quantitative estimate of drug-likeness (QED) is 0.698. The lowest BCUT2D eigenvalue weighted by Gasteiger charge is -2.33. The highest BCUT2D eigenvalue weighted by Crippen LogP contribution is 2.05. The number of hydrogen-bond donors (Lipinski definition) is 2. The van der Waals surface area contributed by atoms with Crippen LogP contribution < -0.4 is 10.9 Å². The second-order valence-corrected chi connectivity index (χ2v) is 7.18. The largest absolute Gasteiger partial charge is 0.351 e. The van der Waals surface area contributed by atoms with E-state index in [0.717, 1.165) is 0 Å². The molecular weight excluding hydrogens is 308 g/mol. The third-order valence-electron chi connectivity index (χ3n) is 3.56. The minimum Gasteiger partial charge on any atom is -0.351 e. The van der Waals surface area contributed by atoms with Crippen molar-refractivity contribution in [3.05, 3.63) is 34.2 Å². The van der Waals surface area contributed by atoms with Crippen molar-refractivity contribution in [2.75, 3.05) is 45.5 Å². The summed E-state index contributed by atoms with van der Waals surface area (Å²) in [5.74, 6) is -0.244. The molecule has 0 aromatic carbocycles. The van der Waals surface area contributed by atoms with Crippen molar-refractivity contribution in [1.29, 1.82) is 0 Å². The van der Waals surface area contributed by atoms with Gasteiger partial charge in [-0.2, -0.15) is 4.31 Å². The van der Waals surface area contributed by atoms with Gasteiger partial charge < -0.3 is 10.3 Å². The fourth-order valence-electron chi connectivity index (χ4n) is 2.27. The van der Waals surface area contributed by atoms with Gasteiger partial charge in [-0.1, -0.05) is 0 Å². The minimum absolute atomic E-state index is 0.244. The predicted octanol–water partition coefficient (Wildman–Crippen LogP) is -1.32. The van der Waals surface area contributed by atoms with Crippen LogP contribution in [0.25, 0.3) is 0 Å². The zero-order valence-electron chi connectivity index (χ0n) is 12.4. The standard InChI is InChI=1S/C13H20N4O4S/c1-22(20,21)17-8-6-16(7-9-17)5-4-14-13(19)11-2-3-12(18)15-10-11/h2-3,10H,4-9H2,1H3,(H,14,19)(H,15,18). The number of aromatic amines is 1. The maximum absolute atomic E-state index is 11.8. The van der Waals surface area contributed by atoms with Gasteiger partial charge in [0.2, 0.25) is 15.6 Å². The monoisotopic (exact) mass is 328 g/mol. The van der Waals surface area contributed by atoms with Crippen LogP contribution >= 0.6 is 0 Å². The first-order chi connectivity index (χ1) is 10.4. The van der Waals surface area contributed by atoms with Crippen molar-refractivity contribution in [2.24, 2.45) is 0 Å². The zero-order valence-corrected chi connectivity index (χ0v) is 13.2. The van der Waals surface area contributed by atoms with Gasteiger partial charge in [-0.3, -0.25) is 14.5 Å². The maximum atomic E-state index is 11.8. The number of piperazine rings is 1. The summed E-state index contributed by atoms with van der Waals surface area (Å²) in [4.78, 5) is 27.3. The Kier molecular flexibility index (Phi) is 5.33. The van der Waals surface area contributed by atoms with Crippen LogP contribution in [0.5, 0.6) is 0 Å². The van der Waals surface area contributed by atoms with Crippen LogP contribution in [0, 0.1) is 0 Å². The van der Waals surface area contributed by atoms with Gasteiger partial charge in [0.25, 0.3) is 5.91 Å². The molecule has 9 heteroatoms. The summed E-state index contributed by atoms with van der Waals surface area (Å²) in [5.41, 5.74) is 0.154. The Morgan fingerprint density at radius 2 is 1.95 bits per heavy atom. The molecule has 0 atom stereocenters. The lowest BCUT2D eigenvalue weighted by molar-refractivity contribution is 0.0944. The van der Waals surface area contributed by atoms with Crippen LogP contribution in [0.4, 0.5) is 0 Å². The first-order valence-corrected chi connectivity index (χ1v) is 8.85. The van der Waals surface area contributed by atoms with Gasteiger partial charge in [0.1, 0.15) is 0 Å². The number of H-pyrrole nitrogens is 1. The van der Waals surface area contributed by atoms with Gasteiger partial charge in [0.05, 0.1) is 11.8 Å². The van der Waals surface area contributed by atoms with E-state index in [1.165, 1.54) is 28.9 Å². The molecule has 2 rings (SSSR count). The summed E-state index contributed by atoms with van der Waals surface area (Å²) in [6.07, 6.45) is 2.59. The van der Waals surface area contributed by atoms with Gasteiger partial charge in [-0.05, 0) is 6.07 Å². The Hall–Kier alpha value is -1.71. The summed E-state index contributed by atoms with van der Waals surface area (Å²) < 4.78 is 24.3. The van der Waals surface area contributed by atoms with E-state index in [1.807, 2.05) is 0 Å². The molecule has 1 aromatic rings. The number of carbonyl (C=O) groups is 1. The summed E-state index contributed by atoms with van der Waals surface area (Å²) >= 11 is 0. The molecule has 0 bridgehead atoms. The number of nitrogens with zero attached hydrogens (tertiary/aromatic N) is 2. The van der Waals surface area contributed by atoms with Crippen LogP contribution in [-0.2, 0) is 10.0 Å². The third-order valence-corrected chi connectivity index (χ3v) is 4.86. The van der Waals surface area contributed by atoms with Crippen LogP contribution in [0.15, 0.2) is 23.1 Å². The zero-order chi connectivity index (χ0) is 16.2. The highest BCUT2D eigenvalue weighted by molar-refractivity contribution is 7.88. The van der Waals surface area contributed by atoms with E-state index >= 15 is 0 Å². The lowest BCUT2D eigenvalue weighted by atomic mass is 10.2. The van der Waals surface area contributed by atoms with Crippen LogP contribution in [0.3, 0.4) is 0 Å². The number of hydrogen-bond acceptors (Lipinski definition) is 5. The average Bonchev–Trinajstić information content (AvgIpc) is 2.47. The number of pyridine rings is 1. The Morgan fingerprint density at radius 3 is 2.50 bits per heavy atom. The Bertz CT molecular complexity index is 657. The predicted molar refractivity (Wildman–Crippen MR) is 82.3 cm³/mol. The molecule has 0 radical (unpaired) electrons. The van der Waals surface area contributed by atoms with E-state index in [0.29, 0.717) is 44.8 Å². The van der Waals surface area contributed by atoms with Gasteiger partial charge in [-0.25, -0.2) is 8.42 Å². The first kappa shape index (κ1) is 16.7. The van der Waals surface area contributed by atoms with Gasteiger partial charge in [0.15, 0.2) is 0 Å². The van der Waals surface area contributed by atoms with Crippen LogP contribution in [0.1, 0.15) is 10.4 Å². The normalized spacial score (nSPS) is 17.3. The van der Waals surface area contributed by atoms with Crippen molar-refractivity contribution < 1.29 is 13.2 Å². The van der Waals surface area contributed by atoms with E-state index < -0.39 is 10.0 Å². The molecule has 1 aliphatic rings. The molecule has 1 fully saturated rings. The van der Waals surface area contributed by atoms with Gasteiger partial charge in [-0.15, -0.1) is 0 Å². The number of rotatable bonds is 5. The Balaban J connectivity index is 1.72. The summed E-state index contributed by atoms with van der Waals surface area (Å²) in [6, 6.07) is 2.78. The van der Waals surface area contributed by atoms with Crippen molar-refractivity contribution >= 4 is 15.9 Å². The molecule has 1 saturated heterocycles. The van der Waals surface area contributed by atoms with E-state index in [1.54, 1.807) is 0 Å². The molecule has 1 aliphatic heterocycles. The number of aromatic nitrogens is 1. The lowest BCUT2D eigenvalue weighted by Crippen LogP contribution is -2.49. The third kappa shape index (κ3) is 4.65. The number of amides is 1. The molecule has 0 aliphatic carbocycles. The van der Waals surface area contributed by atoms with Crippen LogP contribution in [0.2, 0.25) is 0 Å². The SMILES string of the molecule is CS(=O)(=O)N1CCN(CCNC(=O)c2ccc(=O)[nH]c2)CC1. The molecule has 1 aromatic heterocycles. The molecule has 0 unspecified atom stereocenters. The van der Waals surface area contributed by atoms with Gasteiger partial charge >= 0.3 is 0 Å². The fourth-order valence-corrected chi connectivity index (χ4v) is 3.09. The van der Waals surface area contributed by atoms with Crippen molar-refractivity contribution in [2.45, 2.75) is 0 Å². The second kappa shape index (κ2) is 7.03. The molecule has 1 amide bonds. The molecule has 2 heterocycles. The molecule has 22 heavy (non-hydrogen) atoms. The van der Waals surface area contributed by atoms with Crippen molar-refractivity contribution in [3.8, 4) is 0 Å². The van der Waals surface area contributed by atoms with Crippen LogP contribution in [-0.4, -0.2) is 74.0 Å². The minimum atomic E-state index is -3.11. The molecule has 0 saturated carbocycles.